The molecule has 0 aliphatic carbocycles. The SMILES string of the molecule is CC(=O)NCCCCNS(=O)(=O)CCc1ccccc1. The molecule has 0 spiro atoms. The van der Waals surface area contributed by atoms with Crippen molar-refractivity contribution >= 4 is 15.9 Å². The number of carbonyl (C=O) groups excluding carboxylic acids is 1. The van der Waals surface area contributed by atoms with Crippen molar-refractivity contribution in [2.45, 2.75) is 26.2 Å². The third-order valence-corrected chi connectivity index (χ3v) is 4.19. The Bertz CT molecular complexity index is 500. The number of hydrogen-bond acceptors (Lipinski definition) is 3. The van der Waals surface area contributed by atoms with Gasteiger partial charge in [-0.15, -0.1) is 0 Å². The van der Waals surface area contributed by atoms with E-state index in [-0.39, 0.29) is 11.7 Å². The molecule has 0 unspecified atom stereocenters. The molecule has 0 aliphatic heterocycles. The lowest BCUT2D eigenvalue weighted by Crippen LogP contribution is -2.29. The number of nitrogens with one attached hydrogen (secondary N) is 2. The Morgan fingerprint density at radius 2 is 1.75 bits per heavy atom. The number of unbranched alkanes of at least 4 members (excludes halogenated alkanes) is 1. The van der Waals surface area contributed by atoms with E-state index in [9.17, 15) is 13.2 Å². The van der Waals surface area contributed by atoms with Gasteiger partial charge in [0.15, 0.2) is 0 Å². The summed E-state index contributed by atoms with van der Waals surface area (Å²) in [6.45, 7) is 2.46. The molecule has 0 heterocycles. The summed E-state index contributed by atoms with van der Waals surface area (Å²) in [6, 6.07) is 9.55. The van der Waals surface area contributed by atoms with Crippen LogP contribution >= 0.6 is 0 Å². The van der Waals surface area contributed by atoms with Gasteiger partial charge in [0.1, 0.15) is 0 Å². The molecular formula is C14H22N2O3S. The highest BCUT2D eigenvalue weighted by Gasteiger charge is 2.09. The summed E-state index contributed by atoms with van der Waals surface area (Å²) in [5.74, 6) is 0.0383. The van der Waals surface area contributed by atoms with Gasteiger partial charge in [0.2, 0.25) is 15.9 Å². The van der Waals surface area contributed by atoms with Crippen LogP contribution in [0.1, 0.15) is 25.3 Å². The maximum atomic E-state index is 11.8. The minimum Gasteiger partial charge on any atom is -0.356 e. The summed E-state index contributed by atoms with van der Waals surface area (Å²) in [4.78, 5) is 10.6. The van der Waals surface area contributed by atoms with Crippen LogP contribution < -0.4 is 10.0 Å². The highest BCUT2D eigenvalue weighted by atomic mass is 32.2. The van der Waals surface area contributed by atoms with Crippen molar-refractivity contribution in [2.75, 3.05) is 18.8 Å². The van der Waals surface area contributed by atoms with Crippen molar-refractivity contribution in [3.8, 4) is 0 Å². The second kappa shape index (κ2) is 8.71. The predicted octanol–water partition coefficient (Wildman–Crippen LogP) is 1.06. The minimum atomic E-state index is -3.22. The lowest BCUT2D eigenvalue weighted by Gasteiger charge is -2.07. The maximum absolute atomic E-state index is 11.8. The number of aryl methyl sites for hydroxylation is 1. The second-order valence-electron chi connectivity index (χ2n) is 4.64. The lowest BCUT2D eigenvalue weighted by atomic mass is 10.2. The molecule has 1 amide bonds. The van der Waals surface area contributed by atoms with Crippen molar-refractivity contribution in [1.82, 2.24) is 10.0 Å². The zero-order valence-electron chi connectivity index (χ0n) is 11.8. The van der Waals surface area contributed by atoms with Crippen LogP contribution in [-0.2, 0) is 21.2 Å². The van der Waals surface area contributed by atoms with Crippen molar-refractivity contribution in [3.63, 3.8) is 0 Å². The van der Waals surface area contributed by atoms with Gasteiger partial charge in [-0.3, -0.25) is 4.79 Å². The van der Waals surface area contributed by atoms with E-state index in [0.717, 1.165) is 12.0 Å². The van der Waals surface area contributed by atoms with Crippen LogP contribution in [-0.4, -0.2) is 33.2 Å². The highest BCUT2D eigenvalue weighted by molar-refractivity contribution is 7.89. The first-order chi connectivity index (χ1) is 9.49. The molecule has 0 aromatic heterocycles. The molecule has 0 fully saturated rings. The Hall–Kier alpha value is -1.40. The summed E-state index contributed by atoms with van der Waals surface area (Å²) in [6.07, 6.45) is 1.99. The number of rotatable bonds is 9. The fourth-order valence-corrected chi connectivity index (χ4v) is 2.82. The van der Waals surface area contributed by atoms with Crippen molar-refractivity contribution < 1.29 is 13.2 Å². The van der Waals surface area contributed by atoms with Crippen molar-refractivity contribution in [3.05, 3.63) is 35.9 Å². The van der Waals surface area contributed by atoms with Gasteiger partial charge in [0.25, 0.3) is 0 Å². The molecule has 20 heavy (non-hydrogen) atoms. The van der Waals surface area contributed by atoms with Crippen molar-refractivity contribution in [2.24, 2.45) is 0 Å². The molecule has 1 rings (SSSR count). The molecule has 1 aromatic rings. The molecule has 112 valence electrons. The van der Waals surface area contributed by atoms with E-state index in [1.807, 2.05) is 30.3 Å². The Labute approximate surface area is 120 Å². The van der Waals surface area contributed by atoms with Crippen molar-refractivity contribution in [1.29, 1.82) is 0 Å². The van der Waals surface area contributed by atoms with E-state index in [1.54, 1.807) is 0 Å². The van der Waals surface area contributed by atoms with Gasteiger partial charge >= 0.3 is 0 Å². The fraction of sp³-hybridized carbons (Fsp3) is 0.500. The normalized spacial score (nSPS) is 11.2. The quantitative estimate of drug-likeness (QED) is 0.670. The Morgan fingerprint density at radius 3 is 2.40 bits per heavy atom. The van der Waals surface area contributed by atoms with E-state index >= 15 is 0 Å². The molecule has 0 atom stereocenters. The van der Waals surface area contributed by atoms with Crippen LogP contribution in [0.2, 0.25) is 0 Å². The van der Waals surface area contributed by atoms with Gasteiger partial charge in [-0.2, -0.15) is 0 Å². The molecule has 0 radical (unpaired) electrons. The number of benzene rings is 1. The first-order valence-corrected chi connectivity index (χ1v) is 8.40. The lowest BCUT2D eigenvalue weighted by molar-refractivity contribution is -0.118. The van der Waals surface area contributed by atoms with E-state index in [0.29, 0.717) is 25.9 Å². The monoisotopic (exact) mass is 298 g/mol. The van der Waals surface area contributed by atoms with Gasteiger partial charge in [0.05, 0.1) is 5.75 Å². The summed E-state index contributed by atoms with van der Waals surface area (Å²) in [5, 5.41) is 2.67. The third kappa shape index (κ3) is 7.91. The average Bonchev–Trinajstić information content (AvgIpc) is 2.41. The number of sulfonamides is 1. The standard InChI is InChI=1S/C14H22N2O3S/c1-13(17)15-10-5-6-11-16-20(18,19)12-9-14-7-3-2-4-8-14/h2-4,7-8,16H,5-6,9-12H2,1H3,(H,15,17). The smallest absolute Gasteiger partial charge is 0.216 e. The Kier molecular flexibility index (Phi) is 7.25. The summed E-state index contributed by atoms with van der Waals surface area (Å²) in [7, 11) is -3.22. The molecule has 0 saturated heterocycles. The third-order valence-electron chi connectivity index (χ3n) is 2.80. The number of hydrogen-bond donors (Lipinski definition) is 2. The van der Waals surface area contributed by atoms with Gasteiger partial charge in [0, 0.05) is 20.0 Å². The largest absolute Gasteiger partial charge is 0.356 e. The molecule has 0 bridgehead atoms. The molecule has 1 aromatic carbocycles. The van der Waals surface area contributed by atoms with Crippen LogP contribution in [0.15, 0.2) is 30.3 Å². The van der Waals surface area contributed by atoms with Gasteiger partial charge < -0.3 is 5.32 Å². The Morgan fingerprint density at radius 1 is 1.10 bits per heavy atom. The van der Waals surface area contributed by atoms with Gasteiger partial charge in [-0.25, -0.2) is 13.1 Å². The first-order valence-electron chi connectivity index (χ1n) is 6.75. The number of carbonyl (C=O) groups is 1. The fourth-order valence-electron chi connectivity index (χ4n) is 1.71. The van der Waals surface area contributed by atoms with E-state index < -0.39 is 10.0 Å². The molecule has 5 nitrogen and oxygen atoms in total. The number of amides is 1. The van der Waals surface area contributed by atoms with E-state index in [2.05, 4.69) is 10.0 Å². The zero-order chi connectivity index (χ0) is 14.8. The van der Waals surface area contributed by atoms with Crippen LogP contribution in [0.25, 0.3) is 0 Å². The average molecular weight is 298 g/mol. The van der Waals surface area contributed by atoms with Gasteiger partial charge in [-0.05, 0) is 24.8 Å². The van der Waals surface area contributed by atoms with Crippen LogP contribution in [0.5, 0.6) is 0 Å². The van der Waals surface area contributed by atoms with Crippen LogP contribution in [0, 0.1) is 0 Å². The highest BCUT2D eigenvalue weighted by Crippen LogP contribution is 2.01. The molecule has 0 aliphatic rings. The molecule has 6 heteroatoms. The summed E-state index contributed by atoms with van der Waals surface area (Å²) < 4.78 is 26.1. The van der Waals surface area contributed by atoms with E-state index in [4.69, 9.17) is 0 Å². The summed E-state index contributed by atoms with van der Waals surface area (Å²) >= 11 is 0. The second-order valence-corrected chi connectivity index (χ2v) is 6.57. The molecular weight excluding hydrogens is 276 g/mol. The van der Waals surface area contributed by atoms with Gasteiger partial charge in [-0.1, -0.05) is 30.3 Å². The van der Waals surface area contributed by atoms with Crippen LogP contribution in [0.3, 0.4) is 0 Å². The summed E-state index contributed by atoms with van der Waals surface area (Å²) in [5.41, 5.74) is 1.02. The molecule has 2 N–H and O–H groups in total. The predicted molar refractivity (Wildman–Crippen MR) is 79.9 cm³/mol. The van der Waals surface area contributed by atoms with E-state index in [1.165, 1.54) is 6.92 Å². The van der Waals surface area contributed by atoms with Crippen LogP contribution in [0.4, 0.5) is 0 Å². The Balaban J connectivity index is 2.17. The first kappa shape index (κ1) is 16.7. The minimum absolute atomic E-state index is 0.0616. The molecule has 0 saturated carbocycles. The zero-order valence-corrected chi connectivity index (χ0v) is 12.6. The maximum Gasteiger partial charge on any atom is 0.216 e. The topological polar surface area (TPSA) is 75.3 Å².